The Morgan fingerprint density at radius 3 is 2.59 bits per heavy atom. The Labute approximate surface area is 156 Å². The molecule has 0 radical (unpaired) electrons. The van der Waals surface area contributed by atoms with Gasteiger partial charge in [0.2, 0.25) is 0 Å². The van der Waals surface area contributed by atoms with Gasteiger partial charge in [-0.2, -0.15) is 0 Å². The highest BCUT2D eigenvalue weighted by Gasteiger charge is 2.33. The standard InChI is InChI=1S/C21H19F2NO3/c22-17-6-3-4-15(12-17)8-11-21(26)27-14-20(25)24(18-9-10-18)13-16-5-1-2-7-19(16)23/h1-8,11-12,18H,9-10,13-14H2/b11-8+. The van der Waals surface area contributed by atoms with Crippen molar-refractivity contribution in [1.29, 1.82) is 0 Å². The smallest absolute Gasteiger partial charge is 0.331 e. The van der Waals surface area contributed by atoms with Crippen molar-refractivity contribution < 1.29 is 23.1 Å². The molecule has 3 rings (SSSR count). The molecule has 1 aliphatic rings. The highest BCUT2D eigenvalue weighted by molar-refractivity contribution is 5.89. The van der Waals surface area contributed by atoms with Crippen LogP contribution in [0.2, 0.25) is 0 Å². The number of amides is 1. The van der Waals surface area contributed by atoms with E-state index in [1.54, 1.807) is 29.2 Å². The van der Waals surface area contributed by atoms with Gasteiger partial charge in [0, 0.05) is 24.2 Å². The number of hydrogen-bond acceptors (Lipinski definition) is 3. The number of benzene rings is 2. The van der Waals surface area contributed by atoms with E-state index in [1.807, 2.05) is 0 Å². The lowest BCUT2D eigenvalue weighted by Gasteiger charge is -2.22. The highest BCUT2D eigenvalue weighted by Crippen LogP contribution is 2.29. The van der Waals surface area contributed by atoms with Gasteiger partial charge in [-0.05, 0) is 42.7 Å². The van der Waals surface area contributed by atoms with Crippen molar-refractivity contribution in [2.24, 2.45) is 0 Å². The van der Waals surface area contributed by atoms with Gasteiger partial charge < -0.3 is 9.64 Å². The van der Waals surface area contributed by atoms with E-state index in [0.717, 1.165) is 18.9 Å². The number of esters is 1. The Morgan fingerprint density at radius 2 is 1.89 bits per heavy atom. The summed E-state index contributed by atoms with van der Waals surface area (Å²) in [5.74, 6) is -1.85. The first kappa shape index (κ1) is 18.8. The quantitative estimate of drug-likeness (QED) is 0.551. The molecule has 0 aromatic heterocycles. The predicted molar refractivity (Wildman–Crippen MR) is 96.4 cm³/mol. The van der Waals surface area contributed by atoms with Crippen molar-refractivity contribution in [1.82, 2.24) is 4.90 Å². The molecule has 140 valence electrons. The molecular formula is C21H19F2NO3. The van der Waals surface area contributed by atoms with Crippen LogP contribution in [0, 0.1) is 11.6 Å². The molecule has 2 aromatic carbocycles. The van der Waals surface area contributed by atoms with Gasteiger partial charge in [0.05, 0.1) is 0 Å². The minimum absolute atomic E-state index is 0.0543. The van der Waals surface area contributed by atoms with E-state index in [9.17, 15) is 18.4 Å². The van der Waals surface area contributed by atoms with E-state index in [1.165, 1.54) is 30.3 Å². The second-order valence-electron chi connectivity index (χ2n) is 6.34. The van der Waals surface area contributed by atoms with Crippen LogP contribution in [0.1, 0.15) is 24.0 Å². The van der Waals surface area contributed by atoms with Crippen molar-refractivity contribution in [2.75, 3.05) is 6.61 Å². The first-order valence-electron chi connectivity index (χ1n) is 8.66. The second-order valence-corrected chi connectivity index (χ2v) is 6.34. The molecule has 0 saturated heterocycles. The van der Waals surface area contributed by atoms with Gasteiger partial charge >= 0.3 is 5.97 Å². The fraction of sp³-hybridized carbons (Fsp3) is 0.238. The van der Waals surface area contributed by atoms with Crippen molar-refractivity contribution in [3.05, 3.63) is 77.4 Å². The second kappa shape index (κ2) is 8.58. The van der Waals surface area contributed by atoms with Crippen LogP contribution in [0.4, 0.5) is 8.78 Å². The van der Waals surface area contributed by atoms with Crippen LogP contribution in [-0.2, 0) is 20.9 Å². The average molecular weight is 371 g/mol. The van der Waals surface area contributed by atoms with Crippen molar-refractivity contribution in [3.63, 3.8) is 0 Å². The summed E-state index contributed by atoms with van der Waals surface area (Å²) in [7, 11) is 0. The van der Waals surface area contributed by atoms with E-state index in [-0.39, 0.29) is 24.3 Å². The van der Waals surface area contributed by atoms with E-state index in [4.69, 9.17) is 4.74 Å². The summed E-state index contributed by atoms with van der Waals surface area (Å²) in [4.78, 5) is 25.8. The maximum Gasteiger partial charge on any atom is 0.331 e. The van der Waals surface area contributed by atoms with Crippen LogP contribution < -0.4 is 0 Å². The fourth-order valence-corrected chi connectivity index (χ4v) is 2.66. The Morgan fingerprint density at radius 1 is 1.11 bits per heavy atom. The Balaban J connectivity index is 1.55. The molecule has 0 unspecified atom stereocenters. The Hall–Kier alpha value is -3.02. The number of hydrogen-bond donors (Lipinski definition) is 0. The van der Waals surface area contributed by atoms with Crippen LogP contribution >= 0.6 is 0 Å². The van der Waals surface area contributed by atoms with Crippen LogP contribution in [0.25, 0.3) is 6.08 Å². The van der Waals surface area contributed by atoms with Crippen molar-refractivity contribution in [3.8, 4) is 0 Å². The lowest BCUT2D eigenvalue weighted by molar-refractivity contribution is -0.148. The van der Waals surface area contributed by atoms with Gasteiger partial charge in [-0.15, -0.1) is 0 Å². The molecule has 0 atom stereocenters. The molecular weight excluding hydrogens is 352 g/mol. The van der Waals surface area contributed by atoms with Crippen LogP contribution in [0.5, 0.6) is 0 Å². The number of carbonyl (C=O) groups is 2. The molecule has 0 spiro atoms. The summed E-state index contributed by atoms with van der Waals surface area (Å²) in [6, 6.07) is 12.1. The van der Waals surface area contributed by atoms with Gasteiger partial charge in [-0.3, -0.25) is 4.79 Å². The molecule has 1 fully saturated rings. The van der Waals surface area contributed by atoms with Crippen LogP contribution in [0.3, 0.4) is 0 Å². The third-order valence-electron chi connectivity index (χ3n) is 4.20. The number of carbonyl (C=O) groups excluding carboxylic acids is 2. The molecule has 0 heterocycles. The summed E-state index contributed by atoms with van der Waals surface area (Å²) < 4.78 is 31.9. The maximum atomic E-state index is 13.8. The molecule has 1 saturated carbocycles. The number of rotatable bonds is 7. The SMILES string of the molecule is O=C(/C=C/c1cccc(F)c1)OCC(=O)N(Cc1ccccc1F)C1CC1. The van der Waals surface area contributed by atoms with Crippen LogP contribution in [-0.4, -0.2) is 29.4 Å². The third-order valence-corrected chi connectivity index (χ3v) is 4.20. The molecule has 0 N–H and O–H groups in total. The average Bonchev–Trinajstić information content (AvgIpc) is 3.49. The van der Waals surface area contributed by atoms with E-state index in [2.05, 4.69) is 0 Å². The summed E-state index contributed by atoms with van der Waals surface area (Å²) >= 11 is 0. The molecule has 1 aliphatic carbocycles. The van der Waals surface area contributed by atoms with Crippen molar-refractivity contribution >= 4 is 18.0 Å². The monoisotopic (exact) mass is 371 g/mol. The number of nitrogens with zero attached hydrogens (tertiary/aromatic N) is 1. The van der Waals surface area contributed by atoms with Gasteiger partial charge in [0.15, 0.2) is 6.61 Å². The molecule has 2 aromatic rings. The van der Waals surface area contributed by atoms with Gasteiger partial charge in [-0.25, -0.2) is 13.6 Å². The first-order chi connectivity index (χ1) is 13.0. The zero-order valence-corrected chi connectivity index (χ0v) is 14.6. The van der Waals surface area contributed by atoms with Gasteiger partial charge in [0.1, 0.15) is 11.6 Å². The molecule has 0 bridgehead atoms. The lowest BCUT2D eigenvalue weighted by atomic mass is 10.2. The van der Waals surface area contributed by atoms with E-state index in [0.29, 0.717) is 11.1 Å². The molecule has 27 heavy (non-hydrogen) atoms. The molecule has 0 aliphatic heterocycles. The highest BCUT2D eigenvalue weighted by atomic mass is 19.1. The summed E-state index contributed by atoms with van der Waals surface area (Å²) in [6.07, 6.45) is 4.26. The Bertz CT molecular complexity index is 862. The molecule has 6 heteroatoms. The predicted octanol–water partition coefficient (Wildman–Crippen LogP) is 3.71. The third kappa shape index (κ3) is 5.48. The minimum Gasteiger partial charge on any atom is -0.452 e. The summed E-state index contributed by atoms with van der Waals surface area (Å²) in [5, 5.41) is 0. The van der Waals surface area contributed by atoms with Crippen molar-refractivity contribution in [2.45, 2.75) is 25.4 Å². The number of ether oxygens (including phenoxy) is 1. The first-order valence-corrected chi connectivity index (χ1v) is 8.66. The fourth-order valence-electron chi connectivity index (χ4n) is 2.66. The van der Waals surface area contributed by atoms with Crippen LogP contribution in [0.15, 0.2) is 54.6 Å². The summed E-state index contributed by atoms with van der Waals surface area (Å²) in [6.45, 7) is -0.274. The zero-order valence-electron chi connectivity index (χ0n) is 14.6. The zero-order chi connectivity index (χ0) is 19.2. The maximum absolute atomic E-state index is 13.8. The number of halogens is 2. The van der Waals surface area contributed by atoms with E-state index < -0.39 is 18.4 Å². The Kier molecular flexibility index (Phi) is 5.96. The molecule has 1 amide bonds. The van der Waals surface area contributed by atoms with Gasteiger partial charge in [0.25, 0.3) is 5.91 Å². The summed E-state index contributed by atoms with van der Waals surface area (Å²) in [5.41, 5.74) is 0.938. The normalized spacial score (nSPS) is 13.6. The minimum atomic E-state index is -0.700. The van der Waals surface area contributed by atoms with E-state index >= 15 is 0 Å². The lowest BCUT2D eigenvalue weighted by Crippen LogP contribution is -2.36. The largest absolute Gasteiger partial charge is 0.452 e. The van der Waals surface area contributed by atoms with Gasteiger partial charge in [-0.1, -0.05) is 30.3 Å². The topological polar surface area (TPSA) is 46.6 Å². The molecule has 4 nitrogen and oxygen atoms in total.